The van der Waals surface area contributed by atoms with Crippen LogP contribution in [0, 0.1) is 0 Å². The Morgan fingerprint density at radius 2 is 1.83 bits per heavy atom. The van der Waals surface area contributed by atoms with E-state index < -0.39 is 0 Å². The van der Waals surface area contributed by atoms with Gasteiger partial charge in [-0.1, -0.05) is 41.7 Å². The van der Waals surface area contributed by atoms with Crippen molar-refractivity contribution in [1.29, 1.82) is 0 Å². The average molecular weight is 358 g/mol. The standard InChI is InChI=1S/C16H12ClN5OS/c1-21-10-8-18-16(17)20-12(10)22(2)15-11(14(21)23)19-13(24-15)9-6-4-3-5-7-9/h3-8H,1-2H3. The highest BCUT2D eigenvalue weighted by Crippen LogP contribution is 2.43. The number of nitrogens with zero attached hydrogens (tertiary/aromatic N) is 5. The summed E-state index contributed by atoms with van der Waals surface area (Å²) in [7, 11) is 3.53. The maximum Gasteiger partial charge on any atom is 0.279 e. The van der Waals surface area contributed by atoms with E-state index in [-0.39, 0.29) is 11.2 Å². The first-order valence-corrected chi connectivity index (χ1v) is 8.36. The molecule has 1 aromatic carbocycles. The summed E-state index contributed by atoms with van der Waals surface area (Å²) < 4.78 is 0. The molecule has 3 aromatic rings. The molecule has 0 radical (unpaired) electrons. The summed E-state index contributed by atoms with van der Waals surface area (Å²) in [4.78, 5) is 29.0. The summed E-state index contributed by atoms with van der Waals surface area (Å²) in [6.07, 6.45) is 1.55. The van der Waals surface area contributed by atoms with Crippen LogP contribution in [0.1, 0.15) is 10.5 Å². The predicted molar refractivity (Wildman–Crippen MR) is 95.4 cm³/mol. The zero-order chi connectivity index (χ0) is 16.8. The van der Waals surface area contributed by atoms with E-state index in [2.05, 4.69) is 15.0 Å². The molecule has 0 fully saturated rings. The van der Waals surface area contributed by atoms with Crippen molar-refractivity contribution in [1.82, 2.24) is 15.0 Å². The number of carbonyl (C=O) groups is 1. The van der Waals surface area contributed by atoms with Crippen molar-refractivity contribution in [2.75, 3.05) is 23.9 Å². The molecule has 3 heterocycles. The predicted octanol–water partition coefficient (Wildman–Crippen LogP) is 3.61. The second-order valence-corrected chi connectivity index (χ2v) is 6.63. The van der Waals surface area contributed by atoms with Gasteiger partial charge in [-0.25, -0.2) is 9.97 Å². The molecule has 120 valence electrons. The Kier molecular flexibility index (Phi) is 3.47. The number of thiazole rings is 1. The Hall–Kier alpha value is -2.51. The lowest BCUT2D eigenvalue weighted by Crippen LogP contribution is -2.26. The maximum atomic E-state index is 12.8. The van der Waals surface area contributed by atoms with Crippen LogP contribution in [-0.4, -0.2) is 35.0 Å². The summed E-state index contributed by atoms with van der Waals surface area (Å²) in [6, 6.07) is 9.78. The minimum Gasteiger partial charge on any atom is -0.317 e. The number of halogens is 1. The molecular weight excluding hydrogens is 346 g/mol. The Balaban J connectivity index is 1.92. The molecule has 0 spiro atoms. The van der Waals surface area contributed by atoms with E-state index in [4.69, 9.17) is 11.6 Å². The molecule has 0 saturated heterocycles. The van der Waals surface area contributed by atoms with Gasteiger partial charge >= 0.3 is 0 Å². The van der Waals surface area contributed by atoms with Crippen molar-refractivity contribution in [3.05, 3.63) is 47.5 Å². The molecule has 24 heavy (non-hydrogen) atoms. The fraction of sp³-hybridized carbons (Fsp3) is 0.125. The molecule has 0 unspecified atom stereocenters. The van der Waals surface area contributed by atoms with E-state index in [0.29, 0.717) is 17.2 Å². The van der Waals surface area contributed by atoms with Gasteiger partial charge in [0.1, 0.15) is 15.7 Å². The van der Waals surface area contributed by atoms with Crippen LogP contribution in [0.15, 0.2) is 36.5 Å². The molecule has 0 saturated carbocycles. The molecule has 4 rings (SSSR count). The number of amides is 1. The molecule has 0 N–H and O–H groups in total. The van der Waals surface area contributed by atoms with Crippen LogP contribution in [0.5, 0.6) is 0 Å². The number of hydrogen-bond donors (Lipinski definition) is 0. The molecule has 6 nitrogen and oxygen atoms in total. The van der Waals surface area contributed by atoms with Crippen LogP contribution in [0.4, 0.5) is 16.5 Å². The third-order valence-electron chi connectivity index (χ3n) is 3.84. The normalized spacial score (nSPS) is 13.5. The molecule has 1 aliphatic rings. The van der Waals surface area contributed by atoms with Gasteiger partial charge in [-0.3, -0.25) is 4.79 Å². The Morgan fingerprint density at radius 1 is 1.08 bits per heavy atom. The zero-order valence-corrected chi connectivity index (χ0v) is 14.5. The number of rotatable bonds is 1. The van der Waals surface area contributed by atoms with Crippen molar-refractivity contribution in [2.45, 2.75) is 0 Å². The van der Waals surface area contributed by atoms with E-state index in [1.807, 2.05) is 42.3 Å². The number of fused-ring (bicyclic) bond motifs is 2. The van der Waals surface area contributed by atoms with Crippen molar-refractivity contribution in [2.24, 2.45) is 0 Å². The first-order chi connectivity index (χ1) is 11.6. The number of carbonyl (C=O) groups excluding carboxylic acids is 1. The Bertz CT molecular complexity index is 943. The highest BCUT2D eigenvalue weighted by atomic mass is 35.5. The van der Waals surface area contributed by atoms with Crippen LogP contribution < -0.4 is 9.80 Å². The van der Waals surface area contributed by atoms with E-state index in [1.165, 1.54) is 16.2 Å². The van der Waals surface area contributed by atoms with E-state index in [9.17, 15) is 4.79 Å². The lowest BCUT2D eigenvalue weighted by Gasteiger charge is -2.19. The number of aromatic nitrogens is 3. The second-order valence-electron chi connectivity index (χ2n) is 5.31. The lowest BCUT2D eigenvalue weighted by molar-refractivity contribution is 0.0990. The van der Waals surface area contributed by atoms with Crippen LogP contribution in [0.2, 0.25) is 5.28 Å². The van der Waals surface area contributed by atoms with Gasteiger partial charge < -0.3 is 9.80 Å². The molecule has 0 aliphatic carbocycles. The summed E-state index contributed by atoms with van der Waals surface area (Å²) in [5.74, 6) is 0.382. The molecule has 2 aromatic heterocycles. The molecule has 8 heteroatoms. The summed E-state index contributed by atoms with van der Waals surface area (Å²) >= 11 is 7.39. The second kappa shape index (κ2) is 5.54. The van der Waals surface area contributed by atoms with Gasteiger partial charge in [-0.2, -0.15) is 4.98 Å². The van der Waals surface area contributed by atoms with Gasteiger partial charge in [-0.05, 0) is 11.6 Å². The average Bonchev–Trinajstić information content (AvgIpc) is 3.03. The molecule has 1 aliphatic heterocycles. The van der Waals surface area contributed by atoms with Gasteiger partial charge in [0.05, 0.1) is 6.20 Å². The third kappa shape index (κ3) is 2.24. The lowest BCUT2D eigenvalue weighted by atomic mass is 10.2. The number of benzene rings is 1. The molecular formula is C16H12ClN5OS. The van der Waals surface area contributed by atoms with E-state index >= 15 is 0 Å². The van der Waals surface area contributed by atoms with Gasteiger partial charge in [0.15, 0.2) is 11.5 Å². The summed E-state index contributed by atoms with van der Waals surface area (Å²) in [5.41, 5.74) is 1.97. The van der Waals surface area contributed by atoms with E-state index in [0.717, 1.165) is 15.6 Å². The fourth-order valence-electron chi connectivity index (χ4n) is 2.58. The van der Waals surface area contributed by atoms with Crippen molar-refractivity contribution >= 4 is 45.4 Å². The first-order valence-electron chi connectivity index (χ1n) is 7.17. The largest absolute Gasteiger partial charge is 0.317 e. The minimum absolute atomic E-state index is 0.137. The molecule has 1 amide bonds. The first kappa shape index (κ1) is 15.0. The Morgan fingerprint density at radius 3 is 2.58 bits per heavy atom. The number of hydrogen-bond acceptors (Lipinski definition) is 6. The topological polar surface area (TPSA) is 62.2 Å². The van der Waals surface area contributed by atoms with Crippen LogP contribution in [0.3, 0.4) is 0 Å². The summed E-state index contributed by atoms with van der Waals surface area (Å²) in [6.45, 7) is 0. The third-order valence-corrected chi connectivity index (χ3v) is 5.20. The van der Waals surface area contributed by atoms with Crippen LogP contribution in [-0.2, 0) is 0 Å². The Labute approximate surface area is 147 Å². The summed E-state index contributed by atoms with van der Waals surface area (Å²) in [5, 5.41) is 1.66. The van der Waals surface area contributed by atoms with Gasteiger partial charge in [0.2, 0.25) is 5.28 Å². The smallest absolute Gasteiger partial charge is 0.279 e. The van der Waals surface area contributed by atoms with Crippen LogP contribution >= 0.6 is 22.9 Å². The number of anilines is 3. The minimum atomic E-state index is -0.194. The van der Waals surface area contributed by atoms with Gasteiger partial charge in [0.25, 0.3) is 5.91 Å². The quantitative estimate of drug-likeness (QED) is 0.622. The SMILES string of the molecule is CN1C(=O)c2nc(-c3ccccc3)sc2N(C)c2nc(Cl)ncc21. The van der Waals surface area contributed by atoms with Crippen LogP contribution in [0.25, 0.3) is 10.6 Å². The molecule has 0 atom stereocenters. The van der Waals surface area contributed by atoms with Crippen molar-refractivity contribution in [3.8, 4) is 10.6 Å². The van der Waals surface area contributed by atoms with Crippen molar-refractivity contribution < 1.29 is 4.79 Å². The fourth-order valence-corrected chi connectivity index (χ4v) is 3.73. The highest BCUT2D eigenvalue weighted by molar-refractivity contribution is 7.19. The zero-order valence-electron chi connectivity index (χ0n) is 12.9. The monoisotopic (exact) mass is 357 g/mol. The highest BCUT2D eigenvalue weighted by Gasteiger charge is 2.32. The van der Waals surface area contributed by atoms with E-state index in [1.54, 1.807) is 13.2 Å². The van der Waals surface area contributed by atoms with Crippen molar-refractivity contribution in [3.63, 3.8) is 0 Å². The van der Waals surface area contributed by atoms with Gasteiger partial charge in [0, 0.05) is 19.7 Å². The van der Waals surface area contributed by atoms with Gasteiger partial charge in [-0.15, -0.1) is 0 Å². The molecule has 0 bridgehead atoms. The maximum absolute atomic E-state index is 12.8.